The molecule has 118 valence electrons. The monoisotopic (exact) mass is 319 g/mol. The predicted molar refractivity (Wildman–Crippen MR) is 86.8 cm³/mol. The van der Waals surface area contributed by atoms with Crippen molar-refractivity contribution in [2.75, 3.05) is 6.61 Å². The highest BCUT2D eigenvalue weighted by Gasteiger charge is 2.24. The first-order valence-electron chi connectivity index (χ1n) is 7.66. The molecule has 2 N–H and O–H groups in total. The molecule has 0 aromatic carbocycles. The Kier molecular flexibility index (Phi) is 4.59. The van der Waals surface area contributed by atoms with Gasteiger partial charge in [-0.25, -0.2) is 0 Å². The van der Waals surface area contributed by atoms with Crippen LogP contribution in [0.4, 0.5) is 0 Å². The maximum atomic E-state index is 12.6. The second kappa shape index (κ2) is 6.62. The van der Waals surface area contributed by atoms with Crippen LogP contribution in [0.2, 0.25) is 0 Å². The summed E-state index contributed by atoms with van der Waals surface area (Å²) in [7, 11) is 1.83. The van der Waals surface area contributed by atoms with Crippen LogP contribution in [0, 0.1) is 5.92 Å². The van der Waals surface area contributed by atoms with Gasteiger partial charge in [0.25, 0.3) is 5.91 Å². The van der Waals surface area contributed by atoms with Crippen LogP contribution < -0.4 is 5.32 Å². The summed E-state index contributed by atoms with van der Waals surface area (Å²) in [5, 5.41) is 18.7. The fourth-order valence-electron chi connectivity index (χ4n) is 3.00. The highest BCUT2D eigenvalue weighted by atomic mass is 32.1. The molecule has 22 heavy (non-hydrogen) atoms. The molecule has 0 spiro atoms. The number of amides is 1. The summed E-state index contributed by atoms with van der Waals surface area (Å²) in [4.78, 5) is 13.6. The van der Waals surface area contributed by atoms with Gasteiger partial charge in [-0.3, -0.25) is 9.48 Å². The van der Waals surface area contributed by atoms with E-state index in [9.17, 15) is 9.90 Å². The fraction of sp³-hybridized carbons (Fsp3) is 0.500. The van der Waals surface area contributed by atoms with Crippen molar-refractivity contribution < 1.29 is 9.90 Å². The molecular formula is C16H21N3O2S. The van der Waals surface area contributed by atoms with Crippen molar-refractivity contribution in [2.45, 2.75) is 31.7 Å². The summed E-state index contributed by atoms with van der Waals surface area (Å²) in [6.45, 7) is 0.256. The standard InChI is InChI=1S/C16H21N3O2S/c1-19-9-13(15(18-19)14-3-2-8-22-14)16(21)17-12-6-4-11(10-20)5-7-12/h2-3,8-9,11-12,20H,4-7,10H2,1H3,(H,17,21). The molecule has 6 heteroatoms. The summed E-state index contributed by atoms with van der Waals surface area (Å²) in [6, 6.07) is 4.15. The highest BCUT2D eigenvalue weighted by molar-refractivity contribution is 7.13. The lowest BCUT2D eigenvalue weighted by Crippen LogP contribution is -2.38. The second-order valence-electron chi connectivity index (χ2n) is 5.92. The Morgan fingerprint density at radius 2 is 2.23 bits per heavy atom. The van der Waals surface area contributed by atoms with Crippen LogP contribution in [0.3, 0.4) is 0 Å². The normalized spacial score (nSPS) is 21.7. The van der Waals surface area contributed by atoms with Crippen molar-refractivity contribution in [1.29, 1.82) is 0 Å². The molecule has 0 aliphatic heterocycles. The minimum absolute atomic E-state index is 0.0519. The van der Waals surface area contributed by atoms with E-state index in [1.165, 1.54) is 0 Å². The number of nitrogens with one attached hydrogen (secondary N) is 1. The fourth-order valence-corrected chi connectivity index (χ4v) is 3.73. The van der Waals surface area contributed by atoms with E-state index in [4.69, 9.17) is 0 Å². The largest absolute Gasteiger partial charge is 0.396 e. The summed E-state index contributed by atoms with van der Waals surface area (Å²) >= 11 is 1.59. The van der Waals surface area contributed by atoms with E-state index in [1.54, 1.807) is 22.2 Å². The van der Waals surface area contributed by atoms with Gasteiger partial charge < -0.3 is 10.4 Å². The van der Waals surface area contributed by atoms with Crippen LogP contribution in [-0.2, 0) is 7.05 Å². The lowest BCUT2D eigenvalue weighted by atomic mass is 9.86. The molecular weight excluding hydrogens is 298 g/mol. The van der Waals surface area contributed by atoms with Crippen LogP contribution >= 0.6 is 11.3 Å². The maximum Gasteiger partial charge on any atom is 0.255 e. The van der Waals surface area contributed by atoms with Gasteiger partial charge in [-0.05, 0) is 43.0 Å². The summed E-state index contributed by atoms with van der Waals surface area (Å²) in [5.41, 5.74) is 1.38. The number of rotatable bonds is 4. The van der Waals surface area contributed by atoms with E-state index in [2.05, 4.69) is 10.4 Å². The topological polar surface area (TPSA) is 67.2 Å². The number of aromatic nitrogens is 2. The summed E-state index contributed by atoms with van der Waals surface area (Å²) in [6.07, 6.45) is 5.61. The molecule has 3 rings (SSSR count). The lowest BCUT2D eigenvalue weighted by molar-refractivity contribution is 0.0914. The molecule has 1 saturated carbocycles. The number of carbonyl (C=O) groups excluding carboxylic acids is 1. The molecule has 1 aliphatic carbocycles. The molecule has 2 heterocycles. The van der Waals surface area contributed by atoms with E-state index < -0.39 is 0 Å². The Hall–Kier alpha value is -1.66. The van der Waals surface area contributed by atoms with Gasteiger partial charge in [-0.15, -0.1) is 11.3 Å². The zero-order valence-corrected chi connectivity index (χ0v) is 13.5. The lowest BCUT2D eigenvalue weighted by Gasteiger charge is -2.27. The van der Waals surface area contributed by atoms with Crippen LogP contribution in [0.1, 0.15) is 36.0 Å². The molecule has 0 unspecified atom stereocenters. The van der Waals surface area contributed by atoms with E-state index in [1.807, 2.05) is 24.6 Å². The van der Waals surface area contributed by atoms with Crippen molar-refractivity contribution in [1.82, 2.24) is 15.1 Å². The first-order valence-corrected chi connectivity index (χ1v) is 8.54. The Balaban J connectivity index is 1.71. The molecule has 0 bridgehead atoms. The Bertz CT molecular complexity index is 628. The number of thiophene rings is 1. The minimum Gasteiger partial charge on any atom is -0.396 e. The second-order valence-corrected chi connectivity index (χ2v) is 6.86. The van der Waals surface area contributed by atoms with Gasteiger partial charge in [0, 0.05) is 25.9 Å². The molecule has 1 aliphatic rings. The molecule has 1 amide bonds. The molecule has 0 atom stereocenters. The van der Waals surface area contributed by atoms with Crippen LogP contribution in [0.25, 0.3) is 10.6 Å². The Labute approximate surface area is 134 Å². The van der Waals surface area contributed by atoms with Crippen molar-refractivity contribution in [3.63, 3.8) is 0 Å². The predicted octanol–water partition coefficient (Wildman–Crippen LogP) is 2.43. The van der Waals surface area contributed by atoms with Gasteiger partial charge in [0.1, 0.15) is 5.69 Å². The van der Waals surface area contributed by atoms with Gasteiger partial charge in [0.15, 0.2) is 0 Å². The zero-order valence-electron chi connectivity index (χ0n) is 12.7. The number of aliphatic hydroxyl groups excluding tert-OH is 1. The van der Waals surface area contributed by atoms with E-state index in [0.717, 1.165) is 36.3 Å². The van der Waals surface area contributed by atoms with Crippen LogP contribution in [0.5, 0.6) is 0 Å². The van der Waals surface area contributed by atoms with Crippen molar-refractivity contribution in [2.24, 2.45) is 13.0 Å². The minimum atomic E-state index is -0.0519. The van der Waals surface area contributed by atoms with Gasteiger partial charge in [0.05, 0.1) is 10.4 Å². The molecule has 0 saturated heterocycles. The first-order chi connectivity index (χ1) is 10.7. The summed E-state index contributed by atoms with van der Waals surface area (Å²) in [5.74, 6) is 0.345. The average Bonchev–Trinajstić information content (AvgIpc) is 3.17. The van der Waals surface area contributed by atoms with Crippen molar-refractivity contribution in [3.05, 3.63) is 29.3 Å². The molecule has 5 nitrogen and oxygen atoms in total. The SMILES string of the molecule is Cn1cc(C(=O)NC2CCC(CO)CC2)c(-c2cccs2)n1. The van der Waals surface area contributed by atoms with E-state index in [0.29, 0.717) is 11.5 Å². The van der Waals surface area contributed by atoms with Gasteiger partial charge >= 0.3 is 0 Å². The highest BCUT2D eigenvalue weighted by Crippen LogP contribution is 2.28. The van der Waals surface area contributed by atoms with Crippen LogP contribution in [0.15, 0.2) is 23.7 Å². The number of nitrogens with zero attached hydrogens (tertiary/aromatic N) is 2. The van der Waals surface area contributed by atoms with Crippen molar-refractivity contribution >= 4 is 17.2 Å². The molecule has 2 aromatic heterocycles. The van der Waals surface area contributed by atoms with Crippen LogP contribution in [-0.4, -0.2) is 33.4 Å². The maximum absolute atomic E-state index is 12.6. The molecule has 0 radical (unpaired) electrons. The first kappa shape index (κ1) is 15.2. The Morgan fingerprint density at radius 1 is 1.45 bits per heavy atom. The third kappa shape index (κ3) is 3.23. The Morgan fingerprint density at radius 3 is 2.86 bits per heavy atom. The zero-order chi connectivity index (χ0) is 15.5. The molecule has 2 aromatic rings. The van der Waals surface area contributed by atoms with E-state index >= 15 is 0 Å². The summed E-state index contributed by atoms with van der Waals surface area (Å²) < 4.78 is 1.69. The van der Waals surface area contributed by atoms with Gasteiger partial charge in [-0.2, -0.15) is 5.10 Å². The number of aryl methyl sites for hydroxylation is 1. The molecule has 1 fully saturated rings. The smallest absolute Gasteiger partial charge is 0.255 e. The third-order valence-corrected chi connectivity index (χ3v) is 5.14. The third-order valence-electron chi connectivity index (χ3n) is 4.27. The number of hydrogen-bond acceptors (Lipinski definition) is 4. The van der Waals surface area contributed by atoms with Gasteiger partial charge in [0.2, 0.25) is 0 Å². The number of hydrogen-bond donors (Lipinski definition) is 2. The number of aliphatic hydroxyl groups is 1. The van der Waals surface area contributed by atoms with Gasteiger partial charge in [-0.1, -0.05) is 6.07 Å². The average molecular weight is 319 g/mol. The van der Waals surface area contributed by atoms with Crippen molar-refractivity contribution in [3.8, 4) is 10.6 Å². The quantitative estimate of drug-likeness (QED) is 0.909. The number of carbonyl (C=O) groups is 1. The van der Waals surface area contributed by atoms with E-state index in [-0.39, 0.29) is 18.6 Å².